The third kappa shape index (κ3) is 2.47. The molecule has 3 nitrogen and oxygen atoms in total. The Hall–Kier alpha value is -1.34. The van der Waals surface area contributed by atoms with Crippen molar-refractivity contribution in [3.8, 4) is 0 Å². The molecule has 0 aliphatic heterocycles. The van der Waals surface area contributed by atoms with E-state index in [0.717, 1.165) is 3.57 Å². The highest BCUT2D eigenvalue weighted by Crippen LogP contribution is 2.21. The van der Waals surface area contributed by atoms with Crippen LogP contribution in [-0.2, 0) is 6.54 Å². The number of fused-ring (bicyclic) bond motifs is 1. The van der Waals surface area contributed by atoms with Crippen molar-refractivity contribution in [2.45, 2.75) is 6.54 Å². The number of nitrogens with zero attached hydrogens (tertiary/aromatic N) is 1. The summed E-state index contributed by atoms with van der Waals surface area (Å²) in [5.74, 6) is -0.861. The topological polar surface area (TPSA) is 35.1 Å². The van der Waals surface area contributed by atoms with E-state index in [4.69, 9.17) is 16.0 Å². The smallest absolute Gasteiger partial charge is 0.408 e. The summed E-state index contributed by atoms with van der Waals surface area (Å²) in [5, 5.41) is 0.289. The highest BCUT2D eigenvalue weighted by Gasteiger charge is 2.11. The van der Waals surface area contributed by atoms with Gasteiger partial charge in [-0.05, 0) is 58.5 Å². The maximum atomic E-state index is 13.0. The second-order valence-corrected chi connectivity index (χ2v) is 5.95. The molecule has 0 saturated carbocycles. The molecule has 0 amide bonds. The molecule has 6 heteroatoms. The molecule has 0 atom stereocenters. The highest BCUT2D eigenvalue weighted by atomic mass is 127. The van der Waals surface area contributed by atoms with Crippen molar-refractivity contribution in [1.82, 2.24) is 4.57 Å². The van der Waals surface area contributed by atoms with Crippen molar-refractivity contribution >= 4 is 45.3 Å². The van der Waals surface area contributed by atoms with Crippen LogP contribution in [0.4, 0.5) is 4.39 Å². The Balaban J connectivity index is 2.11. The molecule has 3 rings (SSSR count). The third-order valence-electron chi connectivity index (χ3n) is 2.97. The van der Waals surface area contributed by atoms with E-state index in [1.54, 1.807) is 12.1 Å². The molecule has 0 unspecified atom stereocenters. The number of rotatable bonds is 2. The number of hydrogen-bond donors (Lipinski definition) is 0. The molecule has 0 bridgehead atoms. The zero-order valence-electron chi connectivity index (χ0n) is 10.1. The molecule has 102 valence electrons. The van der Waals surface area contributed by atoms with E-state index in [1.165, 1.54) is 16.7 Å². The Morgan fingerprint density at radius 3 is 2.80 bits per heavy atom. The van der Waals surface area contributed by atoms with E-state index in [-0.39, 0.29) is 11.6 Å². The average molecular weight is 404 g/mol. The summed E-state index contributed by atoms with van der Waals surface area (Å²) in [5.41, 5.74) is 1.88. The first-order valence-corrected chi connectivity index (χ1v) is 7.23. The van der Waals surface area contributed by atoms with Gasteiger partial charge in [-0.15, -0.1) is 0 Å². The standard InChI is InChI=1S/C14H8ClFINO2/c15-11-5-9(16)2-1-8(11)7-18-12-4-3-10(17)6-13(12)20-14(18)19/h1-6H,7H2. The van der Waals surface area contributed by atoms with Crippen LogP contribution in [0.3, 0.4) is 0 Å². The molecule has 0 fully saturated rings. The molecule has 3 aromatic rings. The van der Waals surface area contributed by atoms with Gasteiger partial charge in [-0.2, -0.15) is 0 Å². The fourth-order valence-electron chi connectivity index (χ4n) is 2.01. The van der Waals surface area contributed by atoms with Crippen LogP contribution in [0.25, 0.3) is 11.1 Å². The molecule has 0 saturated heterocycles. The van der Waals surface area contributed by atoms with Gasteiger partial charge in [0.2, 0.25) is 0 Å². The zero-order chi connectivity index (χ0) is 14.3. The van der Waals surface area contributed by atoms with Crippen molar-refractivity contribution in [3.63, 3.8) is 0 Å². The first-order chi connectivity index (χ1) is 9.54. The molecule has 2 aromatic carbocycles. The molecule has 1 heterocycles. The van der Waals surface area contributed by atoms with E-state index >= 15 is 0 Å². The molecule has 0 aliphatic carbocycles. The molecule has 20 heavy (non-hydrogen) atoms. The van der Waals surface area contributed by atoms with Gasteiger partial charge in [0.25, 0.3) is 0 Å². The minimum absolute atomic E-state index is 0.242. The van der Waals surface area contributed by atoms with Crippen LogP contribution in [0.1, 0.15) is 5.56 Å². The van der Waals surface area contributed by atoms with Gasteiger partial charge in [0.1, 0.15) is 5.82 Å². The Labute approximate surface area is 132 Å². The largest absolute Gasteiger partial charge is 0.420 e. The van der Waals surface area contributed by atoms with Crippen molar-refractivity contribution in [3.05, 3.63) is 66.9 Å². The highest BCUT2D eigenvalue weighted by molar-refractivity contribution is 14.1. The van der Waals surface area contributed by atoms with Gasteiger partial charge in [-0.25, -0.2) is 9.18 Å². The quantitative estimate of drug-likeness (QED) is 0.606. The van der Waals surface area contributed by atoms with E-state index in [2.05, 4.69) is 22.6 Å². The Kier molecular flexibility index (Phi) is 3.55. The number of aromatic nitrogens is 1. The summed E-state index contributed by atoms with van der Waals surface area (Å²) in [4.78, 5) is 11.9. The monoisotopic (exact) mass is 403 g/mol. The SMILES string of the molecule is O=c1oc2cc(I)ccc2n1Cc1ccc(F)cc1Cl. The first-order valence-electron chi connectivity index (χ1n) is 5.77. The van der Waals surface area contributed by atoms with Crippen molar-refractivity contribution in [1.29, 1.82) is 0 Å². The van der Waals surface area contributed by atoms with E-state index < -0.39 is 11.6 Å². The fraction of sp³-hybridized carbons (Fsp3) is 0.0714. The number of benzene rings is 2. The minimum atomic E-state index is -0.456. The predicted octanol–water partition coefficient (Wildman–Crippen LogP) is 4.04. The lowest BCUT2D eigenvalue weighted by Crippen LogP contribution is -2.15. The Morgan fingerprint density at radius 1 is 1.25 bits per heavy atom. The second-order valence-electron chi connectivity index (χ2n) is 4.30. The summed E-state index contributed by atoms with van der Waals surface area (Å²) in [7, 11) is 0. The van der Waals surface area contributed by atoms with Crippen LogP contribution in [0.15, 0.2) is 45.6 Å². The van der Waals surface area contributed by atoms with Crippen LogP contribution in [0.2, 0.25) is 5.02 Å². The Bertz CT molecular complexity index is 856. The molecule has 0 spiro atoms. The summed E-state index contributed by atoms with van der Waals surface area (Å²) in [6.45, 7) is 0.242. The zero-order valence-corrected chi connectivity index (χ0v) is 13.0. The van der Waals surface area contributed by atoms with Gasteiger partial charge in [-0.3, -0.25) is 4.57 Å². The molecule has 0 aliphatic rings. The van der Waals surface area contributed by atoms with Crippen LogP contribution < -0.4 is 5.76 Å². The van der Waals surface area contributed by atoms with Crippen molar-refractivity contribution in [2.75, 3.05) is 0 Å². The van der Waals surface area contributed by atoms with Crippen LogP contribution in [0, 0.1) is 9.39 Å². The van der Waals surface area contributed by atoms with Crippen LogP contribution in [0.5, 0.6) is 0 Å². The summed E-state index contributed by atoms with van der Waals surface area (Å²) in [6, 6.07) is 9.61. The molecular weight excluding hydrogens is 396 g/mol. The average Bonchev–Trinajstić information content (AvgIpc) is 2.68. The van der Waals surface area contributed by atoms with Gasteiger partial charge >= 0.3 is 5.76 Å². The Morgan fingerprint density at radius 2 is 2.05 bits per heavy atom. The maximum absolute atomic E-state index is 13.0. The van der Waals surface area contributed by atoms with Crippen LogP contribution >= 0.6 is 34.2 Å². The second kappa shape index (κ2) is 5.21. The molecule has 1 aromatic heterocycles. The van der Waals surface area contributed by atoms with E-state index in [1.807, 2.05) is 12.1 Å². The van der Waals surface area contributed by atoms with Gasteiger partial charge in [-0.1, -0.05) is 17.7 Å². The van der Waals surface area contributed by atoms with Gasteiger partial charge in [0, 0.05) is 8.59 Å². The van der Waals surface area contributed by atoms with Gasteiger partial charge in [0.05, 0.1) is 12.1 Å². The number of halogens is 3. The first kappa shape index (κ1) is 13.6. The van der Waals surface area contributed by atoms with E-state index in [0.29, 0.717) is 16.7 Å². The van der Waals surface area contributed by atoms with Crippen molar-refractivity contribution < 1.29 is 8.81 Å². The lowest BCUT2D eigenvalue weighted by molar-refractivity contribution is 0.517. The molecule has 0 N–H and O–H groups in total. The minimum Gasteiger partial charge on any atom is -0.408 e. The summed E-state index contributed by atoms with van der Waals surface area (Å²) in [6.07, 6.45) is 0. The summed E-state index contributed by atoms with van der Waals surface area (Å²) >= 11 is 8.14. The van der Waals surface area contributed by atoms with E-state index in [9.17, 15) is 9.18 Å². The predicted molar refractivity (Wildman–Crippen MR) is 83.7 cm³/mol. The summed E-state index contributed by atoms with van der Waals surface area (Å²) < 4.78 is 20.7. The van der Waals surface area contributed by atoms with Crippen molar-refractivity contribution in [2.24, 2.45) is 0 Å². The lowest BCUT2D eigenvalue weighted by Gasteiger charge is -2.05. The number of hydrogen-bond acceptors (Lipinski definition) is 2. The number of oxazole rings is 1. The maximum Gasteiger partial charge on any atom is 0.420 e. The lowest BCUT2D eigenvalue weighted by atomic mass is 10.2. The van der Waals surface area contributed by atoms with Gasteiger partial charge < -0.3 is 4.42 Å². The van der Waals surface area contributed by atoms with Crippen LogP contribution in [-0.4, -0.2) is 4.57 Å². The normalized spacial score (nSPS) is 11.2. The molecule has 0 radical (unpaired) electrons. The van der Waals surface area contributed by atoms with Gasteiger partial charge in [0.15, 0.2) is 5.58 Å². The molecular formula is C14H8ClFINO2. The third-order valence-corrected chi connectivity index (χ3v) is 4.00. The fourth-order valence-corrected chi connectivity index (χ4v) is 2.70.